The van der Waals surface area contributed by atoms with Crippen molar-refractivity contribution < 1.29 is 108 Å². The summed E-state index contributed by atoms with van der Waals surface area (Å²) in [5, 5.41) is 0. The van der Waals surface area contributed by atoms with Crippen LogP contribution >= 0.6 is 0 Å². The van der Waals surface area contributed by atoms with Crippen molar-refractivity contribution in [3.63, 3.8) is 0 Å². The number of rotatable bonds is 0. The second kappa shape index (κ2) is 26.3. The zero-order valence-corrected chi connectivity index (χ0v) is 8.72. The van der Waals surface area contributed by atoms with Crippen LogP contribution in [0.3, 0.4) is 0 Å². The van der Waals surface area contributed by atoms with E-state index in [-0.39, 0.29) is 108 Å². The van der Waals surface area contributed by atoms with Crippen molar-refractivity contribution in [2.24, 2.45) is 0 Å². The minimum absolute atomic E-state index is 0. The van der Waals surface area contributed by atoms with E-state index in [2.05, 4.69) is 0 Å². The Balaban J connectivity index is 0. The van der Waals surface area contributed by atoms with Crippen molar-refractivity contribution in [2.75, 3.05) is 0 Å². The van der Waals surface area contributed by atoms with Gasteiger partial charge in [0, 0.05) is 108 Å². The Bertz CT molecular complexity index is 11.6. The topological polar surface area (TPSA) is 0 Å². The van der Waals surface area contributed by atoms with Gasteiger partial charge in [-0.15, -0.1) is 0 Å². The van der Waals surface area contributed by atoms with E-state index in [1.807, 2.05) is 0 Å². The summed E-state index contributed by atoms with van der Waals surface area (Å²) in [5.41, 5.74) is 0. The third-order valence-corrected chi connectivity index (χ3v) is 0. The van der Waals surface area contributed by atoms with Crippen molar-refractivity contribution in [1.82, 2.24) is 0 Å². The molecule has 0 bridgehead atoms. The first-order valence-electron chi connectivity index (χ1n) is 0. The molecule has 0 rings (SSSR count). The maximum Gasteiger partial charge on any atom is 0 e. The van der Waals surface area contributed by atoms with Crippen LogP contribution < -0.4 is 0 Å². The van der Waals surface area contributed by atoms with Crippen molar-refractivity contribution in [3.8, 4) is 0 Å². The standard InChI is InChI=1S/Co.Fe.Mn.Ni.Sm. The Kier molecular flexibility index (Phi) is 210. The van der Waals surface area contributed by atoms with Gasteiger partial charge in [0.1, 0.15) is 0 Å². The first-order chi connectivity index (χ1) is 0. The largest absolute Gasteiger partial charge is 0 e. The van der Waals surface area contributed by atoms with Crippen LogP contribution in [0.1, 0.15) is 0 Å². The van der Waals surface area contributed by atoms with E-state index in [1.54, 1.807) is 0 Å². The summed E-state index contributed by atoms with van der Waals surface area (Å²) in [6.07, 6.45) is 0. The van der Waals surface area contributed by atoms with Crippen LogP contribution in [0.2, 0.25) is 0 Å². The van der Waals surface area contributed by atoms with E-state index in [0.29, 0.717) is 0 Å². The second-order valence-electron chi connectivity index (χ2n) is 0. The number of hydrogen-bond donors (Lipinski definition) is 0. The van der Waals surface area contributed by atoms with E-state index in [1.165, 1.54) is 0 Å². The van der Waals surface area contributed by atoms with Crippen LogP contribution in [0.4, 0.5) is 0 Å². The quantitative estimate of drug-likeness (QED) is 0.520. The van der Waals surface area contributed by atoms with Gasteiger partial charge in [-0.3, -0.25) is 0 Å². The van der Waals surface area contributed by atoms with E-state index in [0.717, 1.165) is 0 Å². The molecule has 0 saturated carbocycles. The van der Waals surface area contributed by atoms with Gasteiger partial charge in [0.15, 0.2) is 0 Å². The van der Waals surface area contributed by atoms with E-state index < -0.39 is 0 Å². The predicted molar refractivity (Wildman–Crippen MR) is 0 cm³/mol. The molecule has 2 radical (unpaired) electrons. The van der Waals surface area contributed by atoms with Crippen LogP contribution in [-0.2, 0) is 67.4 Å². The normalized spacial score (nSPS) is 0. The molecule has 0 aliphatic heterocycles. The predicted octanol–water partition coefficient (Wildman–Crippen LogP) is -0.0100. The van der Waals surface area contributed by atoms with Crippen LogP contribution in [-0.4, -0.2) is 0 Å². The zero-order chi connectivity index (χ0) is 0. The third kappa shape index (κ3) is 18.7. The van der Waals surface area contributed by atoms with Crippen molar-refractivity contribution >= 4 is 0 Å². The van der Waals surface area contributed by atoms with Crippen LogP contribution in [0, 0.1) is 40.4 Å². The molecular weight excluding hydrogens is 379 g/mol. The second-order valence-corrected chi connectivity index (χ2v) is 0. The molecule has 0 aliphatic carbocycles. The maximum atomic E-state index is 0. The summed E-state index contributed by atoms with van der Waals surface area (Å²) in [6, 6.07) is 0. The molecule has 0 aliphatic rings. The Morgan fingerprint density at radius 3 is 1.00 bits per heavy atom. The molecule has 5 heteroatoms. The summed E-state index contributed by atoms with van der Waals surface area (Å²) in [5.74, 6) is 0. The van der Waals surface area contributed by atoms with Crippen molar-refractivity contribution in [2.45, 2.75) is 0 Å². The fourth-order valence-electron chi connectivity index (χ4n) is 0. The molecule has 0 nitrogen and oxygen atoms in total. The average molecular weight is 379 g/mol. The molecule has 40 valence electrons. The third-order valence-electron chi connectivity index (χ3n) is 0. The number of hydrogen-bond acceptors (Lipinski definition) is 0. The van der Waals surface area contributed by atoms with Gasteiger partial charge >= 0.3 is 0 Å². The van der Waals surface area contributed by atoms with Crippen LogP contribution in [0.25, 0.3) is 0 Å². The van der Waals surface area contributed by atoms with Crippen molar-refractivity contribution in [1.29, 1.82) is 0 Å². The fourth-order valence-corrected chi connectivity index (χ4v) is 0. The van der Waals surface area contributed by atoms with Crippen molar-refractivity contribution in [3.05, 3.63) is 0 Å². The summed E-state index contributed by atoms with van der Waals surface area (Å²) in [4.78, 5) is 0. The molecule has 0 saturated heterocycles. The molecule has 0 atom stereocenters. The van der Waals surface area contributed by atoms with Gasteiger partial charge in [0.05, 0.1) is 0 Å². The smallest absolute Gasteiger partial charge is 0 e. The van der Waals surface area contributed by atoms with Gasteiger partial charge in [0.2, 0.25) is 0 Å². The molecule has 0 unspecified atom stereocenters. The Hall–Kier alpha value is 3.38. The van der Waals surface area contributed by atoms with Gasteiger partial charge in [-0.1, -0.05) is 0 Å². The van der Waals surface area contributed by atoms with Crippen LogP contribution in [0.5, 0.6) is 0 Å². The first-order valence-corrected chi connectivity index (χ1v) is 0. The Morgan fingerprint density at radius 2 is 1.00 bits per heavy atom. The molecule has 0 aromatic rings. The average Bonchev–Trinajstić information content (AvgIpc) is 0. The summed E-state index contributed by atoms with van der Waals surface area (Å²) >= 11 is 0. The SMILES string of the molecule is [Co].[Fe].[Mn].[Ni].[Sm]. The molecule has 5 heavy (non-hydrogen) atoms. The first kappa shape index (κ1) is 40.0. The minimum atomic E-state index is 0. The van der Waals surface area contributed by atoms with Gasteiger partial charge in [-0.05, 0) is 0 Å². The molecule has 0 amide bonds. The summed E-state index contributed by atoms with van der Waals surface area (Å²) in [7, 11) is 0. The molecule has 0 N–H and O–H groups in total. The monoisotopic (exact) mass is 380 g/mol. The molecule has 0 aromatic carbocycles. The molecule has 0 fully saturated rings. The summed E-state index contributed by atoms with van der Waals surface area (Å²) in [6.45, 7) is 0. The Morgan fingerprint density at radius 1 is 1.00 bits per heavy atom. The van der Waals surface area contributed by atoms with Gasteiger partial charge < -0.3 is 0 Å². The maximum absolute atomic E-state index is 0. The van der Waals surface area contributed by atoms with E-state index in [9.17, 15) is 0 Å². The summed E-state index contributed by atoms with van der Waals surface area (Å²) < 4.78 is 0. The van der Waals surface area contributed by atoms with Gasteiger partial charge in [-0.25, -0.2) is 0 Å². The molecule has 0 spiro atoms. The van der Waals surface area contributed by atoms with Crippen LogP contribution in [0.15, 0.2) is 0 Å². The van der Waals surface area contributed by atoms with E-state index in [4.69, 9.17) is 0 Å². The molecule has 0 aromatic heterocycles. The van der Waals surface area contributed by atoms with Gasteiger partial charge in [-0.2, -0.15) is 0 Å². The fraction of sp³-hybridized carbons (Fsp3) is 0. The van der Waals surface area contributed by atoms with E-state index >= 15 is 0 Å². The minimum Gasteiger partial charge on any atom is 0 e. The Labute approximate surface area is 106 Å². The van der Waals surface area contributed by atoms with Gasteiger partial charge in [0.25, 0.3) is 0 Å². The molecule has 0 heterocycles. The zero-order valence-electron chi connectivity index (χ0n) is 1.79. The molecular formula is CoFeMnNiSm.